The molecule has 0 bridgehead atoms. The Kier molecular flexibility index (Phi) is 7.15. The molecule has 1 aliphatic heterocycles. The van der Waals surface area contributed by atoms with Crippen LogP contribution in [-0.4, -0.2) is 41.9 Å². The first-order valence-electron chi connectivity index (χ1n) is 7.76. The normalized spacial score (nSPS) is 24.0. The predicted octanol–water partition coefficient (Wildman–Crippen LogP) is 1.35. The molecule has 0 spiro atoms. The van der Waals surface area contributed by atoms with Crippen molar-refractivity contribution >= 4 is 11.8 Å². The van der Waals surface area contributed by atoms with Crippen LogP contribution in [0, 0.1) is 0 Å². The van der Waals surface area contributed by atoms with Crippen LogP contribution in [-0.2, 0) is 9.59 Å². The van der Waals surface area contributed by atoms with Crippen LogP contribution in [0.4, 0.5) is 0 Å². The summed E-state index contributed by atoms with van der Waals surface area (Å²) in [6.07, 6.45) is 8.50. The third kappa shape index (κ3) is 4.70. The van der Waals surface area contributed by atoms with Gasteiger partial charge in [0.05, 0.1) is 12.6 Å². The zero-order valence-corrected chi connectivity index (χ0v) is 13.3. The minimum atomic E-state index is -0.351. The average Bonchev–Trinajstić information content (AvgIpc) is 3.00. The minimum Gasteiger partial charge on any atom is -0.348 e. The van der Waals surface area contributed by atoms with Crippen LogP contribution < -0.4 is 11.1 Å². The summed E-state index contributed by atoms with van der Waals surface area (Å²) in [6.45, 7) is 6.63. The number of nitrogens with two attached hydrogens (primary N) is 1. The van der Waals surface area contributed by atoms with E-state index in [1.54, 1.807) is 4.90 Å². The molecule has 5 nitrogen and oxygen atoms in total. The van der Waals surface area contributed by atoms with E-state index in [2.05, 4.69) is 11.4 Å². The zero-order chi connectivity index (χ0) is 15.8. The second-order valence-corrected chi connectivity index (χ2v) is 5.11. The summed E-state index contributed by atoms with van der Waals surface area (Å²) in [5.74, 6) is -0.213. The van der Waals surface area contributed by atoms with Crippen LogP contribution in [0.5, 0.6) is 0 Å². The molecule has 118 valence electrons. The standard InChI is InChI=1S/C14H21N3O2.C2H6/c1-10-4-6-11(7-5-10)16-14(19)12-3-2-8-17(12)13(18)9-15;1-2/h4-6,11-12H,2-3,7-9,15H2,1H3,(H,16,19);1-2H3. The summed E-state index contributed by atoms with van der Waals surface area (Å²) in [5, 5.41) is 2.99. The SMILES string of the molecule is CC.CC1=CCC(NC(=O)C2CCCN2C(=O)CN)C=C1. The second kappa shape index (κ2) is 8.62. The minimum absolute atomic E-state index is 0.0327. The molecule has 0 aromatic heterocycles. The summed E-state index contributed by atoms with van der Waals surface area (Å²) in [5.41, 5.74) is 6.59. The maximum absolute atomic E-state index is 12.2. The zero-order valence-electron chi connectivity index (χ0n) is 13.3. The highest BCUT2D eigenvalue weighted by Gasteiger charge is 2.33. The van der Waals surface area contributed by atoms with Crippen LogP contribution >= 0.6 is 0 Å². The molecule has 3 N–H and O–H groups in total. The highest BCUT2D eigenvalue weighted by Crippen LogP contribution is 2.18. The van der Waals surface area contributed by atoms with E-state index in [0.717, 1.165) is 19.3 Å². The molecule has 1 heterocycles. The molecule has 1 saturated heterocycles. The van der Waals surface area contributed by atoms with E-state index in [0.29, 0.717) is 6.54 Å². The van der Waals surface area contributed by atoms with Crippen molar-refractivity contribution in [3.05, 3.63) is 23.8 Å². The van der Waals surface area contributed by atoms with Crippen molar-refractivity contribution in [2.24, 2.45) is 5.73 Å². The molecule has 0 aromatic rings. The van der Waals surface area contributed by atoms with Gasteiger partial charge in [-0.15, -0.1) is 0 Å². The van der Waals surface area contributed by atoms with Crippen LogP contribution in [0.25, 0.3) is 0 Å². The molecule has 2 aliphatic rings. The van der Waals surface area contributed by atoms with Gasteiger partial charge in [0.1, 0.15) is 6.04 Å². The van der Waals surface area contributed by atoms with Crippen molar-refractivity contribution in [2.75, 3.05) is 13.1 Å². The Morgan fingerprint density at radius 2 is 2.14 bits per heavy atom. The van der Waals surface area contributed by atoms with Gasteiger partial charge in [-0.1, -0.05) is 37.6 Å². The van der Waals surface area contributed by atoms with E-state index in [4.69, 9.17) is 5.73 Å². The number of hydrogen-bond donors (Lipinski definition) is 2. The van der Waals surface area contributed by atoms with Gasteiger partial charge in [0.2, 0.25) is 11.8 Å². The molecular weight excluding hydrogens is 266 g/mol. The quantitative estimate of drug-likeness (QED) is 0.825. The Labute approximate surface area is 127 Å². The fourth-order valence-electron chi connectivity index (χ4n) is 2.57. The molecule has 2 atom stereocenters. The number of carbonyl (C=O) groups excluding carboxylic acids is 2. The lowest BCUT2D eigenvalue weighted by Gasteiger charge is -2.25. The fourth-order valence-corrected chi connectivity index (χ4v) is 2.57. The number of nitrogens with one attached hydrogen (secondary N) is 1. The van der Waals surface area contributed by atoms with Gasteiger partial charge in [-0.3, -0.25) is 9.59 Å². The molecule has 21 heavy (non-hydrogen) atoms. The molecule has 2 rings (SSSR count). The summed E-state index contributed by atoms with van der Waals surface area (Å²) < 4.78 is 0. The Balaban J connectivity index is 0.00000106. The Morgan fingerprint density at radius 1 is 1.43 bits per heavy atom. The first-order valence-corrected chi connectivity index (χ1v) is 7.76. The van der Waals surface area contributed by atoms with Crippen molar-refractivity contribution in [1.82, 2.24) is 10.2 Å². The number of carbonyl (C=O) groups is 2. The van der Waals surface area contributed by atoms with Crippen LogP contribution in [0.15, 0.2) is 23.8 Å². The molecule has 2 unspecified atom stereocenters. The van der Waals surface area contributed by atoms with Crippen molar-refractivity contribution in [3.8, 4) is 0 Å². The topological polar surface area (TPSA) is 75.4 Å². The van der Waals surface area contributed by atoms with Crippen molar-refractivity contribution in [2.45, 2.75) is 52.1 Å². The van der Waals surface area contributed by atoms with Gasteiger partial charge in [-0.25, -0.2) is 0 Å². The third-order valence-corrected chi connectivity index (χ3v) is 3.66. The van der Waals surface area contributed by atoms with Crippen molar-refractivity contribution in [1.29, 1.82) is 0 Å². The fraction of sp³-hybridized carbons (Fsp3) is 0.625. The summed E-state index contributed by atoms with van der Waals surface area (Å²) in [7, 11) is 0. The molecule has 0 radical (unpaired) electrons. The van der Waals surface area contributed by atoms with E-state index in [9.17, 15) is 9.59 Å². The lowest BCUT2D eigenvalue weighted by Crippen LogP contribution is -2.49. The maximum Gasteiger partial charge on any atom is 0.243 e. The smallest absolute Gasteiger partial charge is 0.243 e. The van der Waals surface area contributed by atoms with Gasteiger partial charge in [0.25, 0.3) is 0 Å². The number of allylic oxidation sites excluding steroid dienone is 2. The maximum atomic E-state index is 12.2. The van der Waals surface area contributed by atoms with Gasteiger partial charge in [-0.05, 0) is 26.2 Å². The van der Waals surface area contributed by atoms with Gasteiger partial charge < -0.3 is 16.0 Å². The molecule has 2 amide bonds. The Morgan fingerprint density at radius 3 is 2.71 bits per heavy atom. The highest BCUT2D eigenvalue weighted by atomic mass is 16.2. The Hall–Kier alpha value is -1.62. The first kappa shape index (κ1) is 17.4. The average molecular weight is 293 g/mol. The van der Waals surface area contributed by atoms with Crippen LogP contribution in [0.2, 0.25) is 0 Å². The van der Waals surface area contributed by atoms with Gasteiger partial charge >= 0.3 is 0 Å². The number of amides is 2. The largest absolute Gasteiger partial charge is 0.348 e. The second-order valence-electron chi connectivity index (χ2n) is 5.11. The summed E-state index contributed by atoms with van der Waals surface area (Å²) in [4.78, 5) is 25.5. The summed E-state index contributed by atoms with van der Waals surface area (Å²) >= 11 is 0. The molecule has 5 heteroatoms. The van der Waals surface area contributed by atoms with Crippen LogP contribution in [0.3, 0.4) is 0 Å². The first-order chi connectivity index (χ1) is 10.1. The molecule has 1 fully saturated rings. The van der Waals surface area contributed by atoms with Gasteiger partial charge in [0.15, 0.2) is 0 Å². The van der Waals surface area contributed by atoms with E-state index in [1.165, 1.54) is 5.57 Å². The molecule has 0 saturated carbocycles. The highest BCUT2D eigenvalue weighted by molar-refractivity contribution is 5.89. The van der Waals surface area contributed by atoms with Gasteiger partial charge in [-0.2, -0.15) is 0 Å². The molecule has 1 aliphatic carbocycles. The van der Waals surface area contributed by atoms with E-state index in [1.807, 2.05) is 32.9 Å². The van der Waals surface area contributed by atoms with Crippen LogP contribution in [0.1, 0.15) is 40.0 Å². The molecular formula is C16H27N3O2. The number of likely N-dealkylation sites (tertiary alicyclic amines) is 1. The Bertz CT molecular complexity index is 429. The van der Waals surface area contributed by atoms with Gasteiger partial charge in [0, 0.05) is 6.54 Å². The number of nitrogens with zero attached hydrogens (tertiary/aromatic N) is 1. The predicted molar refractivity (Wildman–Crippen MR) is 84.6 cm³/mol. The van der Waals surface area contributed by atoms with E-state index >= 15 is 0 Å². The lowest BCUT2D eigenvalue weighted by atomic mass is 10.0. The third-order valence-electron chi connectivity index (χ3n) is 3.66. The molecule has 0 aromatic carbocycles. The lowest BCUT2D eigenvalue weighted by molar-refractivity contribution is -0.137. The number of rotatable bonds is 3. The summed E-state index contributed by atoms with van der Waals surface area (Å²) in [6, 6.07) is -0.317. The van der Waals surface area contributed by atoms with E-state index in [-0.39, 0.29) is 30.4 Å². The van der Waals surface area contributed by atoms with Crippen molar-refractivity contribution in [3.63, 3.8) is 0 Å². The monoisotopic (exact) mass is 293 g/mol. The van der Waals surface area contributed by atoms with E-state index < -0.39 is 0 Å². The number of hydrogen-bond acceptors (Lipinski definition) is 3. The van der Waals surface area contributed by atoms with Crippen molar-refractivity contribution < 1.29 is 9.59 Å².